The van der Waals surface area contributed by atoms with Gasteiger partial charge in [-0.3, -0.25) is 9.59 Å². The average molecular weight is 544 g/mol. The first-order valence-electron chi connectivity index (χ1n) is 11.0. The SMILES string of the molecule is CNC(=O)[C@H](Cc1ccccc1)N(Cc1ccc(Cl)cc1)C(=O)COc1cc(C)c(Br)c(C)c1. The van der Waals surface area contributed by atoms with Crippen molar-refractivity contribution in [2.24, 2.45) is 0 Å². The van der Waals surface area contributed by atoms with E-state index < -0.39 is 6.04 Å². The number of rotatable bonds is 9. The molecular formula is C27H28BrClN2O3. The molecule has 7 heteroatoms. The van der Waals surface area contributed by atoms with Gasteiger partial charge in [-0.2, -0.15) is 0 Å². The Labute approximate surface area is 214 Å². The highest BCUT2D eigenvalue weighted by Gasteiger charge is 2.30. The Hall–Kier alpha value is -2.83. The van der Waals surface area contributed by atoms with E-state index in [2.05, 4.69) is 21.2 Å². The van der Waals surface area contributed by atoms with Gasteiger partial charge in [0.25, 0.3) is 5.91 Å². The minimum atomic E-state index is -0.701. The molecule has 178 valence electrons. The van der Waals surface area contributed by atoms with Crippen LogP contribution >= 0.6 is 27.5 Å². The van der Waals surface area contributed by atoms with Gasteiger partial charge in [0.2, 0.25) is 5.91 Å². The summed E-state index contributed by atoms with van der Waals surface area (Å²) in [6.07, 6.45) is 0.385. The fourth-order valence-corrected chi connectivity index (χ4v) is 4.08. The molecule has 0 bridgehead atoms. The van der Waals surface area contributed by atoms with E-state index in [1.54, 1.807) is 24.1 Å². The van der Waals surface area contributed by atoms with Gasteiger partial charge in [0.15, 0.2) is 6.61 Å². The lowest BCUT2D eigenvalue weighted by atomic mass is 10.0. The molecule has 5 nitrogen and oxygen atoms in total. The Morgan fingerprint density at radius 1 is 1.00 bits per heavy atom. The molecule has 0 radical (unpaired) electrons. The number of amides is 2. The molecule has 0 aliphatic carbocycles. The Morgan fingerprint density at radius 3 is 2.21 bits per heavy atom. The fraction of sp³-hybridized carbons (Fsp3) is 0.259. The Bertz CT molecular complexity index is 1110. The Balaban J connectivity index is 1.88. The quantitative estimate of drug-likeness (QED) is 0.389. The van der Waals surface area contributed by atoms with Crippen LogP contribution in [0.3, 0.4) is 0 Å². The largest absolute Gasteiger partial charge is 0.484 e. The lowest BCUT2D eigenvalue weighted by molar-refractivity contribution is -0.142. The first-order valence-corrected chi connectivity index (χ1v) is 12.1. The van der Waals surface area contributed by atoms with E-state index in [9.17, 15) is 9.59 Å². The van der Waals surface area contributed by atoms with E-state index in [-0.39, 0.29) is 25.0 Å². The van der Waals surface area contributed by atoms with Crippen LogP contribution in [-0.2, 0) is 22.6 Å². The van der Waals surface area contributed by atoms with Crippen LogP contribution in [0, 0.1) is 13.8 Å². The van der Waals surface area contributed by atoms with Gasteiger partial charge in [0.05, 0.1) is 0 Å². The zero-order valence-corrected chi connectivity index (χ0v) is 21.8. The monoisotopic (exact) mass is 542 g/mol. The van der Waals surface area contributed by atoms with Crippen LogP contribution in [0.5, 0.6) is 5.75 Å². The molecule has 1 atom stereocenters. The van der Waals surface area contributed by atoms with Crippen molar-refractivity contribution in [1.82, 2.24) is 10.2 Å². The third-order valence-corrected chi connectivity index (χ3v) is 7.06. The van der Waals surface area contributed by atoms with Crippen LogP contribution in [0.15, 0.2) is 71.2 Å². The van der Waals surface area contributed by atoms with E-state index >= 15 is 0 Å². The Morgan fingerprint density at radius 2 is 1.62 bits per heavy atom. The summed E-state index contributed by atoms with van der Waals surface area (Å²) in [7, 11) is 1.58. The van der Waals surface area contributed by atoms with E-state index in [4.69, 9.17) is 16.3 Å². The predicted octanol–water partition coefficient (Wildman–Crippen LogP) is 5.48. The molecule has 0 spiro atoms. The molecule has 0 aliphatic heterocycles. The van der Waals surface area contributed by atoms with Gasteiger partial charge in [-0.1, -0.05) is 70.0 Å². The number of hydrogen-bond donors (Lipinski definition) is 1. The third-order valence-electron chi connectivity index (χ3n) is 5.56. The maximum Gasteiger partial charge on any atom is 0.261 e. The minimum Gasteiger partial charge on any atom is -0.484 e. The van der Waals surface area contributed by atoms with Crippen LogP contribution in [0.2, 0.25) is 5.02 Å². The van der Waals surface area contributed by atoms with Crippen molar-refractivity contribution in [1.29, 1.82) is 0 Å². The number of nitrogens with one attached hydrogen (secondary N) is 1. The molecule has 0 saturated heterocycles. The smallest absolute Gasteiger partial charge is 0.261 e. The third kappa shape index (κ3) is 6.84. The van der Waals surface area contributed by atoms with Gasteiger partial charge < -0.3 is 15.0 Å². The van der Waals surface area contributed by atoms with E-state index in [0.717, 1.165) is 26.7 Å². The lowest BCUT2D eigenvalue weighted by Gasteiger charge is -2.31. The van der Waals surface area contributed by atoms with Crippen LogP contribution in [0.25, 0.3) is 0 Å². The average Bonchev–Trinajstić information content (AvgIpc) is 2.84. The number of likely N-dealkylation sites (N-methyl/N-ethyl adjacent to an activating group) is 1. The van der Waals surface area contributed by atoms with E-state index in [0.29, 0.717) is 17.2 Å². The second-order valence-corrected chi connectivity index (χ2v) is 9.36. The zero-order chi connectivity index (χ0) is 24.7. The van der Waals surface area contributed by atoms with Gasteiger partial charge in [-0.25, -0.2) is 0 Å². The topological polar surface area (TPSA) is 58.6 Å². The van der Waals surface area contributed by atoms with Crippen LogP contribution in [-0.4, -0.2) is 36.4 Å². The summed E-state index contributed by atoms with van der Waals surface area (Å²) in [6.45, 7) is 4.01. The predicted molar refractivity (Wildman–Crippen MR) is 139 cm³/mol. The summed E-state index contributed by atoms with van der Waals surface area (Å²) in [4.78, 5) is 28.0. The van der Waals surface area contributed by atoms with Crippen molar-refractivity contribution in [3.8, 4) is 5.75 Å². The molecule has 3 aromatic carbocycles. The summed E-state index contributed by atoms with van der Waals surface area (Å²) in [6, 6.07) is 20.0. The Kier molecular flexibility index (Phi) is 9.13. The van der Waals surface area contributed by atoms with Crippen LogP contribution in [0.4, 0.5) is 0 Å². The number of benzene rings is 3. The summed E-state index contributed by atoms with van der Waals surface area (Å²) >= 11 is 9.59. The number of carbonyl (C=O) groups is 2. The van der Waals surface area contributed by atoms with Gasteiger partial charge in [-0.15, -0.1) is 0 Å². The van der Waals surface area contributed by atoms with Crippen molar-refractivity contribution in [2.45, 2.75) is 32.9 Å². The van der Waals surface area contributed by atoms with Crippen molar-refractivity contribution in [2.75, 3.05) is 13.7 Å². The number of halogens is 2. The molecule has 0 aromatic heterocycles. The molecule has 0 fully saturated rings. The minimum absolute atomic E-state index is 0.184. The van der Waals surface area contributed by atoms with Gasteiger partial charge in [0, 0.05) is 29.5 Å². The molecule has 2 amide bonds. The molecule has 3 aromatic rings. The number of ether oxygens (including phenoxy) is 1. The first kappa shape index (κ1) is 25.8. The van der Waals surface area contributed by atoms with Gasteiger partial charge in [0.1, 0.15) is 11.8 Å². The molecule has 0 saturated carbocycles. The van der Waals surface area contributed by atoms with Crippen molar-refractivity contribution >= 4 is 39.3 Å². The van der Waals surface area contributed by atoms with Crippen molar-refractivity contribution in [3.63, 3.8) is 0 Å². The standard InChI is InChI=1S/C27H28BrClN2O3/c1-18-13-23(14-19(2)26(18)28)34-17-25(32)31(16-21-9-11-22(29)12-10-21)24(27(33)30-3)15-20-7-5-4-6-8-20/h4-14,24H,15-17H2,1-3H3,(H,30,33)/t24-/m0/s1. The zero-order valence-electron chi connectivity index (χ0n) is 19.5. The van der Waals surface area contributed by atoms with E-state index in [1.165, 1.54) is 0 Å². The lowest BCUT2D eigenvalue weighted by Crippen LogP contribution is -2.51. The second-order valence-electron chi connectivity index (χ2n) is 8.13. The van der Waals surface area contributed by atoms with E-state index in [1.807, 2.05) is 68.4 Å². The molecule has 3 rings (SSSR count). The van der Waals surface area contributed by atoms with Crippen molar-refractivity contribution in [3.05, 3.63) is 98.5 Å². The van der Waals surface area contributed by atoms with Gasteiger partial charge >= 0.3 is 0 Å². The highest BCUT2D eigenvalue weighted by molar-refractivity contribution is 9.10. The maximum absolute atomic E-state index is 13.5. The number of nitrogens with zero attached hydrogens (tertiary/aromatic N) is 1. The maximum atomic E-state index is 13.5. The summed E-state index contributed by atoms with van der Waals surface area (Å²) < 4.78 is 6.88. The van der Waals surface area contributed by atoms with Crippen molar-refractivity contribution < 1.29 is 14.3 Å². The molecule has 0 aliphatic rings. The highest BCUT2D eigenvalue weighted by Crippen LogP contribution is 2.26. The summed E-state index contributed by atoms with van der Waals surface area (Å²) in [5.41, 5.74) is 3.88. The van der Waals surface area contributed by atoms with Crippen LogP contribution < -0.4 is 10.1 Å². The molecule has 0 unspecified atom stereocenters. The number of aryl methyl sites for hydroxylation is 2. The summed E-state index contributed by atoms with van der Waals surface area (Å²) in [5.74, 6) is 0.0942. The van der Waals surface area contributed by atoms with Gasteiger partial charge in [-0.05, 0) is 60.4 Å². The normalized spacial score (nSPS) is 11.6. The molecule has 34 heavy (non-hydrogen) atoms. The molecule has 1 N–H and O–H groups in total. The van der Waals surface area contributed by atoms with Crippen LogP contribution in [0.1, 0.15) is 22.3 Å². The second kappa shape index (κ2) is 12.0. The highest BCUT2D eigenvalue weighted by atomic mass is 79.9. The fourth-order valence-electron chi connectivity index (χ4n) is 3.72. The number of hydrogen-bond acceptors (Lipinski definition) is 3. The first-order chi connectivity index (χ1) is 16.3. The molecule has 0 heterocycles. The number of carbonyl (C=O) groups excluding carboxylic acids is 2. The summed E-state index contributed by atoms with van der Waals surface area (Å²) in [5, 5.41) is 3.32. The molecular weight excluding hydrogens is 516 g/mol.